The lowest BCUT2D eigenvalue weighted by Crippen LogP contribution is -1.99. The Morgan fingerprint density at radius 1 is 1.00 bits per heavy atom. The van der Waals surface area contributed by atoms with E-state index < -0.39 is 0 Å². The average molecular weight is 464 g/mol. The predicted molar refractivity (Wildman–Crippen MR) is 112 cm³/mol. The third-order valence-electron chi connectivity index (χ3n) is 3.94. The summed E-state index contributed by atoms with van der Waals surface area (Å²) in [6.07, 6.45) is 10.9. The summed E-state index contributed by atoms with van der Waals surface area (Å²) >= 11 is 2.32. The summed E-state index contributed by atoms with van der Waals surface area (Å²) in [6.45, 7) is 0. The zero-order valence-electron chi connectivity index (χ0n) is 14.1. The van der Waals surface area contributed by atoms with Crippen molar-refractivity contribution in [3.05, 3.63) is 58.4 Å². The number of halogens is 1. The second kappa shape index (κ2) is 8.31. The fourth-order valence-corrected chi connectivity index (χ4v) is 3.53. The highest BCUT2D eigenvalue weighted by Crippen LogP contribution is 2.20. The number of aryl methyl sites for hydroxylation is 2. The first-order chi connectivity index (χ1) is 12.0. The van der Waals surface area contributed by atoms with Gasteiger partial charge in [-0.15, -0.1) is 0 Å². The normalized spacial score (nSPS) is 10.2. The zero-order chi connectivity index (χ0) is 18.0. The molecular weight excluding hydrogens is 443 g/mol. The van der Waals surface area contributed by atoms with Gasteiger partial charge in [0.25, 0.3) is 0 Å². The minimum atomic E-state index is -0.330. The molecule has 0 spiro atoms. The van der Waals surface area contributed by atoms with Gasteiger partial charge in [0.2, 0.25) is 0 Å². The molecule has 0 radical (unpaired) electrons. The predicted octanol–water partition coefficient (Wildman–Crippen LogP) is 4.17. The molecular formula is C19H21IN4O2. The summed E-state index contributed by atoms with van der Waals surface area (Å²) in [5, 5.41) is 2.05. The summed E-state index contributed by atoms with van der Waals surface area (Å²) in [5.74, 6) is -0.330. The smallest absolute Gasteiger partial charge is 0.340 e. The third-order valence-corrected chi connectivity index (χ3v) is 4.80. The number of hydrogen-bond donors (Lipinski definition) is 0. The molecule has 0 atom stereocenters. The van der Waals surface area contributed by atoms with Crippen molar-refractivity contribution < 1.29 is 9.53 Å². The van der Waals surface area contributed by atoms with E-state index in [4.69, 9.17) is 0 Å². The number of ether oxygens (including phenoxy) is 1. The van der Waals surface area contributed by atoms with Crippen LogP contribution in [0.5, 0.6) is 0 Å². The summed E-state index contributed by atoms with van der Waals surface area (Å²) in [4.78, 5) is 19.4. The van der Waals surface area contributed by atoms with Crippen molar-refractivity contribution in [2.75, 3.05) is 7.11 Å². The summed E-state index contributed by atoms with van der Waals surface area (Å²) in [6, 6.07) is 3.89. The van der Waals surface area contributed by atoms with E-state index in [9.17, 15) is 4.79 Å². The van der Waals surface area contributed by atoms with Gasteiger partial charge < -0.3 is 13.9 Å². The molecule has 0 N–H and O–H groups in total. The van der Waals surface area contributed by atoms with E-state index in [-0.39, 0.29) is 13.4 Å². The first kappa shape index (κ1) is 19.9. The van der Waals surface area contributed by atoms with E-state index in [1.807, 2.05) is 43.2 Å². The van der Waals surface area contributed by atoms with Crippen LogP contribution in [0.1, 0.15) is 17.8 Å². The number of esters is 1. The second-order valence-corrected chi connectivity index (χ2v) is 6.68. The largest absolute Gasteiger partial charge is 0.465 e. The number of rotatable bonds is 1. The molecule has 0 aliphatic rings. The molecule has 4 rings (SSSR count). The molecule has 0 amide bonds. The van der Waals surface area contributed by atoms with Gasteiger partial charge in [0.15, 0.2) is 0 Å². The first-order valence-electron chi connectivity index (χ1n) is 7.55. The molecule has 7 heteroatoms. The zero-order valence-corrected chi connectivity index (χ0v) is 16.3. The van der Waals surface area contributed by atoms with Gasteiger partial charge in [-0.2, -0.15) is 0 Å². The van der Waals surface area contributed by atoms with Crippen molar-refractivity contribution >= 4 is 50.4 Å². The highest BCUT2D eigenvalue weighted by molar-refractivity contribution is 14.1. The van der Waals surface area contributed by atoms with E-state index in [0.717, 1.165) is 10.9 Å². The molecule has 0 saturated heterocycles. The highest BCUT2D eigenvalue weighted by Gasteiger charge is 2.13. The first-order valence-corrected chi connectivity index (χ1v) is 8.62. The minimum absolute atomic E-state index is 0. The van der Waals surface area contributed by atoms with Gasteiger partial charge in [0.1, 0.15) is 0 Å². The van der Waals surface area contributed by atoms with Crippen LogP contribution in [-0.2, 0) is 18.8 Å². The van der Waals surface area contributed by atoms with Crippen molar-refractivity contribution in [1.82, 2.24) is 19.1 Å². The van der Waals surface area contributed by atoms with E-state index in [0.29, 0.717) is 5.56 Å². The Morgan fingerprint density at radius 2 is 1.54 bits per heavy atom. The lowest BCUT2D eigenvalue weighted by Gasteiger charge is -1.94. The van der Waals surface area contributed by atoms with Gasteiger partial charge in [0, 0.05) is 65.6 Å². The molecule has 4 aromatic rings. The van der Waals surface area contributed by atoms with Crippen LogP contribution in [0.25, 0.3) is 21.8 Å². The van der Waals surface area contributed by atoms with Gasteiger partial charge >= 0.3 is 5.97 Å². The van der Waals surface area contributed by atoms with Gasteiger partial charge in [-0.1, -0.05) is 7.43 Å². The summed E-state index contributed by atoms with van der Waals surface area (Å²) in [7, 11) is 5.30. The maximum absolute atomic E-state index is 11.4. The monoisotopic (exact) mass is 464 g/mol. The fraction of sp³-hybridized carbons (Fsp3) is 0.211. The highest BCUT2D eigenvalue weighted by atomic mass is 127. The lowest BCUT2D eigenvalue weighted by atomic mass is 10.2. The van der Waals surface area contributed by atoms with E-state index in [1.165, 1.54) is 21.6 Å². The molecule has 136 valence electrons. The molecule has 0 aliphatic carbocycles. The van der Waals surface area contributed by atoms with Crippen LogP contribution in [0.2, 0.25) is 0 Å². The molecule has 0 unspecified atom stereocenters. The third kappa shape index (κ3) is 3.72. The van der Waals surface area contributed by atoms with Crippen molar-refractivity contribution in [3.63, 3.8) is 0 Å². The molecule has 4 aromatic heterocycles. The van der Waals surface area contributed by atoms with Crippen molar-refractivity contribution in [2.24, 2.45) is 14.1 Å². The number of pyridine rings is 2. The average Bonchev–Trinajstić information content (AvgIpc) is 3.13. The van der Waals surface area contributed by atoms with Crippen LogP contribution in [0.3, 0.4) is 0 Å². The Balaban J connectivity index is 0.000000184. The van der Waals surface area contributed by atoms with Crippen molar-refractivity contribution in [1.29, 1.82) is 0 Å². The number of hydrogen-bond acceptors (Lipinski definition) is 4. The number of methoxy groups -OCH3 is 1. The minimum Gasteiger partial charge on any atom is -0.465 e. The quantitative estimate of drug-likeness (QED) is 0.314. The second-order valence-electron chi connectivity index (χ2n) is 5.52. The van der Waals surface area contributed by atoms with Crippen LogP contribution < -0.4 is 0 Å². The van der Waals surface area contributed by atoms with E-state index >= 15 is 0 Å². The Bertz CT molecular complexity index is 1020. The molecule has 0 aliphatic heterocycles. The summed E-state index contributed by atoms with van der Waals surface area (Å²) < 4.78 is 9.92. The Morgan fingerprint density at radius 3 is 2.12 bits per heavy atom. The lowest BCUT2D eigenvalue weighted by molar-refractivity contribution is 0.0602. The van der Waals surface area contributed by atoms with E-state index in [2.05, 4.69) is 48.1 Å². The standard InChI is InChI=1S/C10H10N2O2.C8H7IN2.CH4/c1-12-6-8(10(13)14-2)7-5-11-4-3-9(7)12;1-11-5-7(9)6-4-10-3-2-8(6)11;/h3-6H,1-2H3;2-5H,1H3;1H4. The molecule has 0 aromatic carbocycles. The number of aromatic nitrogens is 4. The van der Waals surface area contributed by atoms with E-state index in [1.54, 1.807) is 18.6 Å². The van der Waals surface area contributed by atoms with Crippen LogP contribution in [0.4, 0.5) is 0 Å². The Labute approximate surface area is 166 Å². The topological polar surface area (TPSA) is 61.9 Å². The molecule has 0 bridgehead atoms. The van der Waals surface area contributed by atoms with Gasteiger partial charge in [-0.25, -0.2) is 4.79 Å². The number of nitrogens with zero attached hydrogens (tertiary/aromatic N) is 4. The van der Waals surface area contributed by atoms with Gasteiger partial charge in [0.05, 0.1) is 23.7 Å². The molecule has 6 nitrogen and oxygen atoms in total. The Kier molecular flexibility index (Phi) is 6.36. The number of carbonyl (C=O) groups excluding carboxylic acids is 1. The fourth-order valence-electron chi connectivity index (χ4n) is 2.70. The van der Waals surface area contributed by atoms with Crippen LogP contribution in [-0.4, -0.2) is 32.2 Å². The van der Waals surface area contributed by atoms with Crippen LogP contribution in [0.15, 0.2) is 49.3 Å². The number of carbonyl (C=O) groups is 1. The van der Waals surface area contributed by atoms with Gasteiger partial charge in [-0.05, 0) is 34.7 Å². The Hall–Kier alpha value is -2.42. The number of fused-ring (bicyclic) bond motifs is 2. The SMILES string of the molecule is C.COC(=O)c1cn(C)c2ccncc12.Cn1cc(I)c2cnccc21. The van der Waals surface area contributed by atoms with Gasteiger partial charge in [-0.3, -0.25) is 9.97 Å². The molecule has 0 fully saturated rings. The molecule has 26 heavy (non-hydrogen) atoms. The van der Waals surface area contributed by atoms with Crippen LogP contribution >= 0.6 is 22.6 Å². The summed E-state index contributed by atoms with van der Waals surface area (Å²) in [5.41, 5.74) is 2.77. The van der Waals surface area contributed by atoms with Crippen molar-refractivity contribution in [3.8, 4) is 0 Å². The van der Waals surface area contributed by atoms with Crippen LogP contribution in [0, 0.1) is 3.57 Å². The maximum atomic E-state index is 11.4. The molecule has 4 heterocycles. The maximum Gasteiger partial charge on any atom is 0.340 e. The molecule has 0 saturated carbocycles. The van der Waals surface area contributed by atoms with Crippen molar-refractivity contribution in [2.45, 2.75) is 7.43 Å².